The first-order valence-corrected chi connectivity index (χ1v) is 13.2. The Morgan fingerprint density at radius 3 is 2.58 bits per heavy atom. The molecule has 2 aromatic carbocycles. The van der Waals surface area contributed by atoms with Crippen LogP contribution < -0.4 is 10.9 Å². The number of rotatable bonds is 8. The van der Waals surface area contributed by atoms with E-state index in [1.165, 1.54) is 17.3 Å². The van der Waals surface area contributed by atoms with Crippen LogP contribution in [0.1, 0.15) is 40.9 Å². The quantitative estimate of drug-likeness (QED) is 0.332. The van der Waals surface area contributed by atoms with Gasteiger partial charge < -0.3 is 19.3 Å². The van der Waals surface area contributed by atoms with E-state index in [0.717, 1.165) is 47.8 Å². The Labute approximate surface area is 211 Å². The zero-order chi connectivity index (χ0) is 25.2. The molecule has 7 nitrogen and oxygen atoms in total. The van der Waals surface area contributed by atoms with Crippen LogP contribution in [0.25, 0.3) is 21.9 Å². The number of hydrogen-bond donors (Lipinski definition) is 2. The minimum absolute atomic E-state index is 0.213. The van der Waals surface area contributed by atoms with E-state index in [0.29, 0.717) is 22.5 Å². The van der Waals surface area contributed by atoms with Crippen LogP contribution in [0.2, 0.25) is 0 Å². The molecular formula is C28H27NO6S. The normalized spacial score (nSPS) is 14.0. The molecule has 1 amide bonds. The number of fused-ring (bicyclic) bond motifs is 4. The molecule has 1 atom stereocenters. The van der Waals surface area contributed by atoms with E-state index < -0.39 is 23.5 Å². The Bertz CT molecular complexity index is 1500. The number of amides is 1. The maximum Gasteiger partial charge on any atom is 0.340 e. The Morgan fingerprint density at radius 1 is 1.06 bits per heavy atom. The average Bonchev–Trinajstić information content (AvgIpc) is 3.23. The second-order valence-corrected chi connectivity index (χ2v) is 10.2. The minimum Gasteiger partial charge on any atom is -0.480 e. The van der Waals surface area contributed by atoms with Gasteiger partial charge in [0.15, 0.2) is 0 Å². The summed E-state index contributed by atoms with van der Waals surface area (Å²) in [5.41, 5.74) is 3.71. The summed E-state index contributed by atoms with van der Waals surface area (Å²) >= 11 is 1.43. The van der Waals surface area contributed by atoms with Gasteiger partial charge in [0.25, 0.3) is 0 Å². The van der Waals surface area contributed by atoms with E-state index in [-0.39, 0.29) is 17.7 Å². The first kappa shape index (κ1) is 24.2. The highest BCUT2D eigenvalue weighted by Gasteiger charge is 2.24. The number of carbonyl (C=O) groups excluding carboxylic acids is 1. The Balaban J connectivity index is 1.34. The van der Waals surface area contributed by atoms with Gasteiger partial charge in [-0.15, -0.1) is 0 Å². The lowest BCUT2D eigenvalue weighted by atomic mass is 9.94. The van der Waals surface area contributed by atoms with Crippen molar-refractivity contribution in [3.63, 3.8) is 0 Å². The second kappa shape index (κ2) is 10.2. The largest absolute Gasteiger partial charge is 0.480 e. The van der Waals surface area contributed by atoms with Crippen LogP contribution in [0.4, 0.5) is 0 Å². The number of carboxylic acids is 1. The molecule has 0 saturated heterocycles. The molecule has 1 aliphatic carbocycles. The second-order valence-electron chi connectivity index (χ2n) is 9.18. The van der Waals surface area contributed by atoms with E-state index in [4.69, 9.17) is 8.83 Å². The lowest BCUT2D eigenvalue weighted by molar-refractivity contribution is -0.141. The molecule has 4 aromatic rings. The maximum atomic E-state index is 12.8. The molecule has 2 N–H and O–H groups in total. The molecule has 0 radical (unpaired) electrons. The predicted octanol–water partition coefficient (Wildman–Crippen LogP) is 4.77. The number of thioether (sulfide) groups is 1. The van der Waals surface area contributed by atoms with Crippen LogP contribution in [0.5, 0.6) is 0 Å². The number of aryl methyl sites for hydroxylation is 3. The number of aliphatic carboxylic acids is 1. The van der Waals surface area contributed by atoms with E-state index in [1.807, 2.05) is 36.4 Å². The fraction of sp³-hybridized carbons (Fsp3) is 0.321. The smallest absolute Gasteiger partial charge is 0.340 e. The van der Waals surface area contributed by atoms with Gasteiger partial charge in [0.2, 0.25) is 5.91 Å². The van der Waals surface area contributed by atoms with E-state index in [9.17, 15) is 19.5 Å². The molecule has 5 rings (SSSR count). The summed E-state index contributed by atoms with van der Waals surface area (Å²) in [5, 5.41) is 13.9. The Kier molecular flexibility index (Phi) is 6.87. The van der Waals surface area contributed by atoms with E-state index >= 15 is 0 Å². The highest BCUT2D eigenvalue weighted by Crippen LogP contribution is 2.35. The number of nitrogens with one attached hydrogen (secondary N) is 1. The molecule has 0 fully saturated rings. The molecule has 186 valence electrons. The number of carbonyl (C=O) groups is 2. The Morgan fingerprint density at radius 2 is 1.81 bits per heavy atom. The summed E-state index contributed by atoms with van der Waals surface area (Å²) in [5.74, 6) is 0.207. The van der Waals surface area contributed by atoms with Crippen LogP contribution in [-0.2, 0) is 34.6 Å². The van der Waals surface area contributed by atoms with Crippen molar-refractivity contribution < 1.29 is 23.5 Å². The lowest BCUT2D eigenvalue weighted by Gasteiger charge is -2.15. The van der Waals surface area contributed by atoms with Crippen molar-refractivity contribution in [3.05, 3.63) is 80.9 Å². The van der Waals surface area contributed by atoms with Crippen LogP contribution >= 0.6 is 11.8 Å². The third-order valence-corrected chi connectivity index (χ3v) is 7.84. The predicted molar refractivity (Wildman–Crippen MR) is 140 cm³/mol. The number of carboxylic acid groups (broad SMARTS) is 1. The summed E-state index contributed by atoms with van der Waals surface area (Å²) in [6.07, 6.45) is 3.82. The van der Waals surface area contributed by atoms with Gasteiger partial charge in [0.1, 0.15) is 23.0 Å². The zero-order valence-electron chi connectivity index (χ0n) is 20.0. The van der Waals surface area contributed by atoms with Crippen molar-refractivity contribution in [1.29, 1.82) is 0 Å². The highest BCUT2D eigenvalue weighted by atomic mass is 32.2. The van der Waals surface area contributed by atoms with E-state index in [2.05, 4.69) is 5.32 Å². The summed E-state index contributed by atoms with van der Waals surface area (Å²) in [7, 11) is 0. The molecule has 0 spiro atoms. The van der Waals surface area contributed by atoms with E-state index in [1.54, 1.807) is 13.0 Å². The summed E-state index contributed by atoms with van der Waals surface area (Å²) < 4.78 is 11.6. The molecule has 2 heterocycles. The monoisotopic (exact) mass is 505 g/mol. The van der Waals surface area contributed by atoms with Gasteiger partial charge in [0, 0.05) is 40.3 Å². The van der Waals surface area contributed by atoms with Gasteiger partial charge in [-0.05, 0) is 43.4 Å². The van der Waals surface area contributed by atoms with Crippen molar-refractivity contribution >= 4 is 45.6 Å². The summed E-state index contributed by atoms with van der Waals surface area (Å²) in [4.78, 5) is 37.3. The van der Waals surface area contributed by atoms with Crippen LogP contribution in [0.3, 0.4) is 0 Å². The lowest BCUT2D eigenvalue weighted by Crippen LogP contribution is -2.43. The minimum atomic E-state index is -1.11. The molecule has 0 saturated carbocycles. The van der Waals surface area contributed by atoms with Crippen LogP contribution in [0, 0.1) is 6.92 Å². The molecule has 1 aliphatic rings. The van der Waals surface area contributed by atoms with Crippen LogP contribution in [0.15, 0.2) is 56.1 Å². The molecule has 1 unspecified atom stereocenters. The van der Waals surface area contributed by atoms with Gasteiger partial charge in [0.05, 0.1) is 12.0 Å². The molecule has 36 heavy (non-hydrogen) atoms. The van der Waals surface area contributed by atoms with Crippen molar-refractivity contribution in [2.75, 3.05) is 5.75 Å². The van der Waals surface area contributed by atoms with Gasteiger partial charge in [-0.2, -0.15) is 11.8 Å². The first-order chi connectivity index (χ1) is 17.4. The maximum absolute atomic E-state index is 12.8. The summed E-state index contributed by atoms with van der Waals surface area (Å²) in [6, 6.07) is 12.4. The number of hydrogen-bond acceptors (Lipinski definition) is 6. The number of benzene rings is 2. The standard InChI is InChI=1S/C28H27NO6S/c1-16-19-11-21-18-9-5-6-10-23(18)34-25(21)13-24(19)35-28(33)20(16)12-26(30)29-22(27(31)32)15-36-14-17-7-3-2-4-8-17/h2-4,7-8,11,13,22H,5-6,9-10,12,14-15H2,1H3,(H,29,30)(H,31,32). The van der Waals surface area contributed by atoms with Gasteiger partial charge in [-0.3, -0.25) is 4.79 Å². The van der Waals surface area contributed by atoms with Crippen molar-refractivity contribution in [1.82, 2.24) is 5.32 Å². The fourth-order valence-corrected chi connectivity index (χ4v) is 5.81. The van der Waals surface area contributed by atoms with Crippen molar-refractivity contribution in [2.24, 2.45) is 0 Å². The third-order valence-electron chi connectivity index (χ3n) is 6.73. The highest BCUT2D eigenvalue weighted by molar-refractivity contribution is 7.98. The first-order valence-electron chi connectivity index (χ1n) is 12.0. The third kappa shape index (κ3) is 4.91. The van der Waals surface area contributed by atoms with Gasteiger partial charge in [-0.25, -0.2) is 9.59 Å². The van der Waals surface area contributed by atoms with Crippen LogP contribution in [-0.4, -0.2) is 28.8 Å². The average molecular weight is 506 g/mol. The SMILES string of the molecule is Cc1c(CC(=O)NC(CSCc2ccccc2)C(=O)O)c(=O)oc2cc3oc4c(c3cc12)CCCC4. The van der Waals surface area contributed by atoms with Gasteiger partial charge in [-0.1, -0.05) is 30.3 Å². The molecular weight excluding hydrogens is 478 g/mol. The Hall–Kier alpha value is -3.52. The van der Waals surface area contributed by atoms with Crippen molar-refractivity contribution in [2.45, 2.75) is 50.8 Å². The molecule has 0 aliphatic heterocycles. The topological polar surface area (TPSA) is 110 Å². The molecule has 8 heteroatoms. The molecule has 0 bridgehead atoms. The number of furan rings is 1. The van der Waals surface area contributed by atoms with Gasteiger partial charge >= 0.3 is 11.6 Å². The molecule has 2 aromatic heterocycles. The van der Waals surface area contributed by atoms with Crippen molar-refractivity contribution in [3.8, 4) is 0 Å². The fourth-order valence-electron chi connectivity index (χ4n) is 4.80. The zero-order valence-corrected chi connectivity index (χ0v) is 20.8. The summed E-state index contributed by atoms with van der Waals surface area (Å²) in [6.45, 7) is 1.80.